The van der Waals surface area contributed by atoms with E-state index in [0.29, 0.717) is 12.1 Å². The third-order valence-electron chi connectivity index (χ3n) is 5.29. The molecule has 0 bridgehead atoms. The summed E-state index contributed by atoms with van der Waals surface area (Å²) < 4.78 is 14.5. The minimum absolute atomic E-state index is 0.0932. The Labute approximate surface area is 149 Å². The first kappa shape index (κ1) is 17.7. The Morgan fingerprint density at radius 3 is 2.52 bits per heavy atom. The SMILES string of the molecule is CC(C(=O)NCCC1CCCC1)c1ccc(-c2ccccc2)cc1F. The van der Waals surface area contributed by atoms with Gasteiger partial charge in [0.1, 0.15) is 5.82 Å². The van der Waals surface area contributed by atoms with E-state index in [1.165, 1.54) is 31.7 Å². The van der Waals surface area contributed by atoms with Crippen molar-refractivity contribution in [3.05, 3.63) is 59.9 Å². The summed E-state index contributed by atoms with van der Waals surface area (Å²) in [7, 11) is 0. The lowest BCUT2D eigenvalue weighted by molar-refractivity contribution is -0.122. The van der Waals surface area contributed by atoms with Crippen molar-refractivity contribution in [2.75, 3.05) is 6.54 Å². The zero-order valence-electron chi connectivity index (χ0n) is 14.8. The van der Waals surface area contributed by atoms with Crippen LogP contribution >= 0.6 is 0 Å². The molecule has 1 fully saturated rings. The van der Waals surface area contributed by atoms with Crippen LogP contribution in [0.4, 0.5) is 4.39 Å². The van der Waals surface area contributed by atoms with E-state index >= 15 is 0 Å². The third kappa shape index (κ3) is 4.47. The Morgan fingerprint density at radius 2 is 1.84 bits per heavy atom. The van der Waals surface area contributed by atoms with Crippen LogP contribution in [0.25, 0.3) is 11.1 Å². The van der Waals surface area contributed by atoms with Gasteiger partial charge in [0.25, 0.3) is 0 Å². The van der Waals surface area contributed by atoms with E-state index in [0.717, 1.165) is 23.5 Å². The smallest absolute Gasteiger partial charge is 0.227 e. The molecule has 0 radical (unpaired) electrons. The van der Waals surface area contributed by atoms with Crippen LogP contribution in [0.3, 0.4) is 0 Å². The fraction of sp³-hybridized carbons (Fsp3) is 0.409. The number of nitrogens with one attached hydrogen (secondary N) is 1. The molecular weight excluding hydrogens is 313 g/mol. The second kappa shape index (κ2) is 8.28. The highest BCUT2D eigenvalue weighted by molar-refractivity contribution is 5.83. The molecular formula is C22H26FNO. The summed E-state index contributed by atoms with van der Waals surface area (Å²) in [5, 5.41) is 2.98. The van der Waals surface area contributed by atoms with Gasteiger partial charge in [0, 0.05) is 6.54 Å². The van der Waals surface area contributed by atoms with Crippen LogP contribution in [0.1, 0.15) is 50.5 Å². The van der Waals surface area contributed by atoms with Gasteiger partial charge >= 0.3 is 0 Å². The molecule has 25 heavy (non-hydrogen) atoms. The zero-order chi connectivity index (χ0) is 17.6. The van der Waals surface area contributed by atoms with Gasteiger partial charge in [-0.2, -0.15) is 0 Å². The largest absolute Gasteiger partial charge is 0.356 e. The van der Waals surface area contributed by atoms with Crippen molar-refractivity contribution in [1.29, 1.82) is 0 Å². The fourth-order valence-electron chi connectivity index (χ4n) is 3.68. The lowest BCUT2D eigenvalue weighted by Gasteiger charge is -2.15. The lowest BCUT2D eigenvalue weighted by Crippen LogP contribution is -2.30. The van der Waals surface area contributed by atoms with Crippen LogP contribution in [-0.4, -0.2) is 12.5 Å². The summed E-state index contributed by atoms with van der Waals surface area (Å²) in [5.41, 5.74) is 2.26. The van der Waals surface area contributed by atoms with Crippen LogP contribution in [0, 0.1) is 11.7 Å². The molecule has 3 rings (SSSR count). The molecule has 1 amide bonds. The second-order valence-corrected chi connectivity index (χ2v) is 7.05. The molecule has 0 aromatic heterocycles. The van der Waals surface area contributed by atoms with Crippen LogP contribution in [0.5, 0.6) is 0 Å². The number of rotatable bonds is 6. The van der Waals surface area contributed by atoms with Crippen molar-refractivity contribution >= 4 is 5.91 Å². The highest BCUT2D eigenvalue weighted by Crippen LogP contribution is 2.28. The summed E-state index contributed by atoms with van der Waals surface area (Å²) in [6.07, 6.45) is 6.22. The molecule has 0 heterocycles. The molecule has 2 nitrogen and oxygen atoms in total. The molecule has 132 valence electrons. The van der Waals surface area contributed by atoms with E-state index in [2.05, 4.69) is 5.32 Å². The summed E-state index contributed by atoms with van der Waals surface area (Å²) in [6, 6.07) is 14.8. The van der Waals surface area contributed by atoms with Crippen LogP contribution in [0.15, 0.2) is 48.5 Å². The van der Waals surface area contributed by atoms with E-state index in [9.17, 15) is 9.18 Å². The first-order valence-electron chi connectivity index (χ1n) is 9.27. The normalized spacial score (nSPS) is 15.9. The average Bonchev–Trinajstić information content (AvgIpc) is 3.15. The first-order valence-corrected chi connectivity index (χ1v) is 9.27. The van der Waals surface area contributed by atoms with Gasteiger partial charge in [-0.25, -0.2) is 4.39 Å². The molecule has 2 aromatic carbocycles. The van der Waals surface area contributed by atoms with Gasteiger partial charge in [0.15, 0.2) is 0 Å². The maximum Gasteiger partial charge on any atom is 0.227 e. The third-order valence-corrected chi connectivity index (χ3v) is 5.29. The Hall–Kier alpha value is -2.16. The van der Waals surface area contributed by atoms with Crippen molar-refractivity contribution in [3.8, 4) is 11.1 Å². The Balaban J connectivity index is 1.61. The Morgan fingerprint density at radius 1 is 1.12 bits per heavy atom. The first-order chi connectivity index (χ1) is 12.1. The van der Waals surface area contributed by atoms with E-state index in [1.54, 1.807) is 13.0 Å². The summed E-state index contributed by atoms with van der Waals surface area (Å²) in [5.74, 6) is -0.143. The Kier molecular flexibility index (Phi) is 5.85. The predicted molar refractivity (Wildman–Crippen MR) is 99.8 cm³/mol. The van der Waals surface area contributed by atoms with Gasteiger partial charge in [-0.1, -0.05) is 68.1 Å². The quantitative estimate of drug-likeness (QED) is 0.761. The number of hydrogen-bond acceptors (Lipinski definition) is 1. The van der Waals surface area contributed by atoms with E-state index < -0.39 is 5.92 Å². The number of carbonyl (C=O) groups excluding carboxylic acids is 1. The van der Waals surface area contributed by atoms with Gasteiger partial charge < -0.3 is 5.32 Å². The van der Waals surface area contributed by atoms with Crippen molar-refractivity contribution < 1.29 is 9.18 Å². The van der Waals surface area contributed by atoms with Crippen molar-refractivity contribution in [3.63, 3.8) is 0 Å². The molecule has 0 saturated heterocycles. The van der Waals surface area contributed by atoms with Gasteiger partial charge in [-0.3, -0.25) is 4.79 Å². The van der Waals surface area contributed by atoms with Crippen LogP contribution in [0.2, 0.25) is 0 Å². The van der Waals surface area contributed by atoms with Gasteiger partial charge in [0.2, 0.25) is 5.91 Å². The second-order valence-electron chi connectivity index (χ2n) is 7.05. The highest BCUT2D eigenvalue weighted by Gasteiger charge is 2.20. The van der Waals surface area contributed by atoms with Crippen molar-refractivity contribution in [2.45, 2.75) is 44.9 Å². The lowest BCUT2D eigenvalue weighted by atomic mass is 9.96. The predicted octanol–water partition coefficient (Wildman–Crippen LogP) is 5.29. The fourth-order valence-corrected chi connectivity index (χ4v) is 3.68. The zero-order valence-corrected chi connectivity index (χ0v) is 14.8. The molecule has 1 saturated carbocycles. The minimum Gasteiger partial charge on any atom is -0.356 e. The number of amides is 1. The summed E-state index contributed by atoms with van der Waals surface area (Å²) >= 11 is 0. The average molecular weight is 339 g/mol. The molecule has 0 spiro atoms. The maximum absolute atomic E-state index is 14.5. The van der Waals surface area contributed by atoms with Gasteiger partial charge in [0.05, 0.1) is 5.92 Å². The molecule has 2 aromatic rings. The summed E-state index contributed by atoms with van der Waals surface area (Å²) in [4.78, 5) is 12.3. The van der Waals surface area contributed by atoms with Crippen molar-refractivity contribution in [2.24, 2.45) is 5.92 Å². The number of halogens is 1. The minimum atomic E-state index is -0.478. The molecule has 1 atom stereocenters. The van der Waals surface area contributed by atoms with Crippen molar-refractivity contribution in [1.82, 2.24) is 5.32 Å². The Bertz CT molecular complexity index is 707. The monoisotopic (exact) mass is 339 g/mol. The molecule has 1 N–H and O–H groups in total. The van der Waals surface area contributed by atoms with Crippen LogP contribution in [-0.2, 0) is 4.79 Å². The maximum atomic E-state index is 14.5. The molecule has 1 unspecified atom stereocenters. The molecule has 1 aliphatic carbocycles. The number of carbonyl (C=O) groups is 1. The van der Waals surface area contributed by atoms with Gasteiger partial charge in [-0.15, -0.1) is 0 Å². The van der Waals surface area contributed by atoms with Gasteiger partial charge in [-0.05, 0) is 42.0 Å². The molecule has 3 heteroatoms. The van der Waals surface area contributed by atoms with E-state index in [4.69, 9.17) is 0 Å². The molecule has 0 aliphatic heterocycles. The molecule has 1 aliphatic rings. The number of hydrogen-bond donors (Lipinski definition) is 1. The number of benzene rings is 2. The summed E-state index contributed by atoms with van der Waals surface area (Å²) in [6.45, 7) is 2.46. The highest BCUT2D eigenvalue weighted by atomic mass is 19.1. The van der Waals surface area contributed by atoms with E-state index in [-0.39, 0.29) is 11.7 Å². The van der Waals surface area contributed by atoms with E-state index in [1.807, 2.05) is 36.4 Å². The standard InChI is InChI=1S/C22H26FNO/c1-16(22(25)24-14-13-17-7-5-6-8-17)20-12-11-19(15-21(20)23)18-9-3-2-4-10-18/h2-4,9-12,15-17H,5-8,13-14H2,1H3,(H,24,25). The van der Waals surface area contributed by atoms with Crippen LogP contribution < -0.4 is 5.32 Å². The topological polar surface area (TPSA) is 29.1 Å².